The second-order valence-corrected chi connectivity index (χ2v) is 10.7. The van der Waals surface area contributed by atoms with Gasteiger partial charge in [0, 0.05) is 18.8 Å². The first kappa shape index (κ1) is 20.9. The summed E-state index contributed by atoms with van der Waals surface area (Å²) in [4.78, 5) is 24.0. The molecule has 4 aliphatic rings. The third-order valence-electron chi connectivity index (χ3n) is 9.34. The number of hydrogen-bond donors (Lipinski definition) is 0. The molecular weight excluding hydrogens is 360 g/mol. The molecule has 0 aliphatic heterocycles. The summed E-state index contributed by atoms with van der Waals surface area (Å²) in [7, 11) is 0. The Labute approximate surface area is 176 Å². The Hall–Kier alpha value is -1.38. The molecular formula is C26H38O3. The minimum atomic E-state index is -0.131. The number of rotatable bonds is 5. The van der Waals surface area contributed by atoms with Crippen LogP contribution in [0, 0.1) is 34.5 Å². The number of ether oxygens (including phenoxy) is 1. The van der Waals surface area contributed by atoms with Crippen LogP contribution >= 0.6 is 0 Å². The van der Waals surface area contributed by atoms with Crippen molar-refractivity contribution in [1.82, 2.24) is 0 Å². The first-order valence-electron chi connectivity index (χ1n) is 11.8. The number of allylic oxidation sites excluding steroid dienone is 2. The van der Waals surface area contributed by atoms with Crippen LogP contribution in [0.3, 0.4) is 0 Å². The lowest BCUT2D eigenvalue weighted by molar-refractivity contribution is -0.159. The molecule has 3 heteroatoms. The maximum absolute atomic E-state index is 12.2. The van der Waals surface area contributed by atoms with Gasteiger partial charge in [0.15, 0.2) is 5.78 Å². The van der Waals surface area contributed by atoms with E-state index in [1.807, 2.05) is 12.2 Å². The van der Waals surface area contributed by atoms with Gasteiger partial charge in [0.2, 0.25) is 0 Å². The molecule has 7 atom stereocenters. The summed E-state index contributed by atoms with van der Waals surface area (Å²) in [5.74, 6) is 2.83. The standard InChI is InChI=1S/C26H38O3/c1-5-6-7-8-18-15-19-16-20(28)11-13-25(19,3)22-12-14-26(4)21(24(18)22)9-10-23(26)29-17(2)27/h5,16,18,21-24H,1,6-15H2,2-4H3/t18-,21-,22-,23-,24-,25-,26-/m0/s1. The first-order chi connectivity index (χ1) is 13.8. The van der Waals surface area contributed by atoms with Crippen molar-refractivity contribution < 1.29 is 14.3 Å². The van der Waals surface area contributed by atoms with Gasteiger partial charge in [0.05, 0.1) is 0 Å². The molecule has 0 spiro atoms. The van der Waals surface area contributed by atoms with E-state index in [1.54, 1.807) is 6.92 Å². The Morgan fingerprint density at radius 1 is 1.24 bits per heavy atom. The minimum Gasteiger partial charge on any atom is -0.462 e. The average Bonchev–Trinajstić information content (AvgIpc) is 2.99. The predicted molar refractivity (Wildman–Crippen MR) is 115 cm³/mol. The summed E-state index contributed by atoms with van der Waals surface area (Å²) in [5.41, 5.74) is 1.75. The van der Waals surface area contributed by atoms with Gasteiger partial charge in [-0.1, -0.05) is 25.5 Å². The van der Waals surface area contributed by atoms with Crippen LogP contribution in [0.1, 0.15) is 85.0 Å². The van der Waals surface area contributed by atoms with Gasteiger partial charge in [-0.2, -0.15) is 0 Å². The van der Waals surface area contributed by atoms with E-state index in [9.17, 15) is 9.59 Å². The third-order valence-corrected chi connectivity index (χ3v) is 9.34. The summed E-state index contributed by atoms with van der Waals surface area (Å²) >= 11 is 0. The van der Waals surface area contributed by atoms with Crippen LogP contribution in [0.4, 0.5) is 0 Å². The number of unbranched alkanes of at least 4 members (excludes halogenated alkanes) is 1. The van der Waals surface area contributed by atoms with Crippen molar-refractivity contribution in [3.05, 3.63) is 24.3 Å². The lowest BCUT2D eigenvalue weighted by Gasteiger charge is -2.60. The summed E-state index contributed by atoms with van der Waals surface area (Å²) in [6.07, 6.45) is 15.0. The molecule has 3 nitrogen and oxygen atoms in total. The van der Waals surface area contributed by atoms with Crippen LogP contribution in [0.15, 0.2) is 24.3 Å². The van der Waals surface area contributed by atoms with Crippen molar-refractivity contribution >= 4 is 11.8 Å². The zero-order valence-electron chi connectivity index (χ0n) is 18.5. The Morgan fingerprint density at radius 3 is 2.76 bits per heavy atom. The van der Waals surface area contributed by atoms with Gasteiger partial charge in [-0.15, -0.1) is 6.58 Å². The van der Waals surface area contributed by atoms with Crippen LogP contribution in [0.5, 0.6) is 0 Å². The zero-order chi connectivity index (χ0) is 20.8. The highest BCUT2D eigenvalue weighted by atomic mass is 16.5. The molecule has 3 saturated carbocycles. The number of carbonyl (C=O) groups is 2. The normalized spacial score (nSPS) is 43.6. The van der Waals surface area contributed by atoms with Gasteiger partial charge in [-0.3, -0.25) is 9.59 Å². The van der Waals surface area contributed by atoms with Crippen LogP contribution < -0.4 is 0 Å². The molecule has 0 N–H and O–H groups in total. The fourth-order valence-corrected chi connectivity index (χ4v) is 7.87. The summed E-state index contributed by atoms with van der Waals surface area (Å²) < 4.78 is 5.83. The second kappa shape index (κ2) is 7.71. The molecule has 3 fully saturated rings. The SMILES string of the molecule is C=CCCC[C@H]1CC2=CC(=O)CC[C@]2(C)[C@H]2CC[C@]3(C)[C@@H](OC(C)=O)CC[C@H]3[C@H]12. The lowest BCUT2D eigenvalue weighted by atomic mass is 9.44. The van der Waals surface area contributed by atoms with Crippen LogP contribution in [0.2, 0.25) is 0 Å². The molecule has 29 heavy (non-hydrogen) atoms. The quantitative estimate of drug-likeness (QED) is 0.322. The van der Waals surface area contributed by atoms with Gasteiger partial charge in [-0.25, -0.2) is 0 Å². The lowest BCUT2D eigenvalue weighted by Crippen LogP contribution is -2.54. The highest BCUT2D eigenvalue weighted by Crippen LogP contribution is 2.67. The number of carbonyl (C=O) groups excluding carboxylic acids is 2. The molecule has 0 unspecified atom stereocenters. The number of fused-ring (bicyclic) bond motifs is 5. The van der Waals surface area contributed by atoms with Crippen molar-refractivity contribution in [2.75, 3.05) is 0 Å². The van der Waals surface area contributed by atoms with E-state index >= 15 is 0 Å². The van der Waals surface area contributed by atoms with Crippen molar-refractivity contribution in [2.45, 2.75) is 91.1 Å². The predicted octanol–water partition coefficient (Wildman–Crippen LogP) is 6.03. The van der Waals surface area contributed by atoms with E-state index < -0.39 is 0 Å². The smallest absolute Gasteiger partial charge is 0.302 e. The number of hydrogen-bond acceptors (Lipinski definition) is 3. The fourth-order valence-electron chi connectivity index (χ4n) is 7.87. The van der Waals surface area contributed by atoms with E-state index in [0.29, 0.717) is 35.9 Å². The van der Waals surface area contributed by atoms with Crippen molar-refractivity contribution in [3.63, 3.8) is 0 Å². The summed E-state index contributed by atoms with van der Waals surface area (Å²) in [6, 6.07) is 0. The van der Waals surface area contributed by atoms with E-state index in [1.165, 1.54) is 31.3 Å². The van der Waals surface area contributed by atoms with Crippen LogP contribution in [-0.2, 0) is 14.3 Å². The first-order valence-corrected chi connectivity index (χ1v) is 11.8. The van der Waals surface area contributed by atoms with Crippen LogP contribution in [-0.4, -0.2) is 17.9 Å². The summed E-state index contributed by atoms with van der Waals surface area (Å²) in [6.45, 7) is 10.3. The van der Waals surface area contributed by atoms with Crippen molar-refractivity contribution in [1.29, 1.82) is 0 Å². The Bertz CT molecular complexity index is 721. The zero-order valence-corrected chi connectivity index (χ0v) is 18.5. The maximum atomic E-state index is 12.2. The molecule has 0 amide bonds. The van der Waals surface area contributed by atoms with Gasteiger partial charge in [0.1, 0.15) is 6.10 Å². The highest BCUT2D eigenvalue weighted by Gasteiger charge is 2.61. The van der Waals surface area contributed by atoms with E-state index in [2.05, 4.69) is 20.4 Å². The number of esters is 1. The van der Waals surface area contributed by atoms with Crippen molar-refractivity contribution in [3.8, 4) is 0 Å². The monoisotopic (exact) mass is 398 g/mol. The maximum Gasteiger partial charge on any atom is 0.302 e. The molecule has 160 valence electrons. The molecule has 0 aromatic heterocycles. The summed E-state index contributed by atoms with van der Waals surface area (Å²) in [5, 5.41) is 0. The molecule has 0 heterocycles. The molecule has 0 saturated heterocycles. The molecule has 0 bridgehead atoms. The third kappa shape index (κ3) is 3.43. The van der Waals surface area contributed by atoms with Gasteiger partial charge >= 0.3 is 5.97 Å². The fraction of sp³-hybridized carbons (Fsp3) is 0.769. The van der Waals surface area contributed by atoms with Crippen molar-refractivity contribution in [2.24, 2.45) is 34.5 Å². The van der Waals surface area contributed by atoms with Crippen LogP contribution in [0.25, 0.3) is 0 Å². The topological polar surface area (TPSA) is 43.4 Å². The van der Waals surface area contributed by atoms with E-state index in [-0.39, 0.29) is 22.9 Å². The Balaban J connectivity index is 1.67. The van der Waals surface area contributed by atoms with E-state index in [4.69, 9.17) is 4.74 Å². The van der Waals surface area contributed by atoms with Gasteiger partial charge in [-0.05, 0) is 93.0 Å². The number of ketones is 1. The highest BCUT2D eigenvalue weighted by molar-refractivity contribution is 5.91. The molecule has 0 aromatic carbocycles. The average molecular weight is 399 g/mol. The Morgan fingerprint density at radius 2 is 2.03 bits per heavy atom. The largest absolute Gasteiger partial charge is 0.462 e. The minimum absolute atomic E-state index is 0.0810. The van der Waals surface area contributed by atoms with E-state index in [0.717, 1.165) is 32.1 Å². The van der Waals surface area contributed by atoms with Gasteiger partial charge < -0.3 is 4.74 Å². The molecule has 4 rings (SSSR count). The molecule has 0 aromatic rings. The molecule has 0 radical (unpaired) electrons. The van der Waals surface area contributed by atoms with Gasteiger partial charge in [0.25, 0.3) is 0 Å². The Kier molecular flexibility index (Phi) is 5.55. The second-order valence-electron chi connectivity index (χ2n) is 10.7. The molecule has 4 aliphatic carbocycles.